The number of methoxy groups -OCH3 is 1. The third kappa shape index (κ3) is 5.79. The molecule has 3 N–H and O–H groups in total. The molecule has 0 aliphatic carbocycles. The monoisotopic (exact) mass is 599 g/mol. The van der Waals surface area contributed by atoms with Crippen LogP contribution in [0.15, 0.2) is 30.3 Å². The molecule has 0 radical (unpaired) electrons. The van der Waals surface area contributed by atoms with Crippen molar-refractivity contribution in [2.24, 2.45) is 12.5 Å². The molecule has 0 unspecified atom stereocenters. The molecule has 2 atom stereocenters. The Morgan fingerprint density at radius 3 is 2.68 bits per heavy atom. The first kappa shape index (κ1) is 30.1. The van der Waals surface area contributed by atoms with Crippen LogP contribution in [0.5, 0.6) is 5.75 Å². The van der Waals surface area contributed by atoms with Gasteiger partial charge in [-0.05, 0) is 69.5 Å². The van der Waals surface area contributed by atoms with Crippen LogP contribution in [0.4, 0.5) is 0 Å². The molecule has 6 rings (SSSR count). The molecule has 10 heteroatoms. The molecular formula is C34H45N7O3. The molecule has 2 aliphatic heterocycles. The van der Waals surface area contributed by atoms with Gasteiger partial charge in [0.15, 0.2) is 5.82 Å². The lowest BCUT2D eigenvalue weighted by Crippen LogP contribution is -2.45. The topological polar surface area (TPSA) is 115 Å². The summed E-state index contributed by atoms with van der Waals surface area (Å²) in [5, 5.41) is 10.8. The van der Waals surface area contributed by atoms with Gasteiger partial charge in [0.05, 0.1) is 30.1 Å². The van der Waals surface area contributed by atoms with Gasteiger partial charge in [0.25, 0.3) is 5.91 Å². The van der Waals surface area contributed by atoms with Gasteiger partial charge in [-0.2, -0.15) is 0 Å². The second-order valence-electron chi connectivity index (χ2n) is 13.1. The van der Waals surface area contributed by atoms with Gasteiger partial charge in [-0.3, -0.25) is 9.59 Å². The quantitative estimate of drug-likeness (QED) is 0.295. The Kier molecular flexibility index (Phi) is 8.37. The van der Waals surface area contributed by atoms with E-state index < -0.39 is 5.41 Å². The third-order valence-electron chi connectivity index (χ3n) is 9.38. The molecule has 0 saturated carbocycles. The number of imidazole rings is 1. The van der Waals surface area contributed by atoms with E-state index in [-0.39, 0.29) is 23.9 Å². The number of carbonyl (C=O) groups is 2. The van der Waals surface area contributed by atoms with E-state index in [1.54, 1.807) is 7.11 Å². The maximum Gasteiger partial charge on any atom is 0.251 e. The molecule has 4 aromatic rings. The van der Waals surface area contributed by atoms with Crippen molar-refractivity contribution in [3.05, 3.63) is 41.6 Å². The lowest BCUT2D eigenvalue weighted by Gasteiger charge is -2.26. The second kappa shape index (κ2) is 12.2. The van der Waals surface area contributed by atoms with Crippen LogP contribution in [0.2, 0.25) is 0 Å². The Hall–Kier alpha value is -3.92. The minimum atomic E-state index is -0.412. The fourth-order valence-electron chi connectivity index (χ4n) is 6.63. The Morgan fingerprint density at radius 1 is 1.09 bits per heavy atom. The van der Waals surface area contributed by atoms with Crippen LogP contribution in [0, 0.1) is 5.41 Å². The Balaban J connectivity index is 1.41. The molecule has 1 aromatic carbocycles. The minimum absolute atomic E-state index is 0.0668. The van der Waals surface area contributed by atoms with Crippen LogP contribution in [-0.4, -0.2) is 57.2 Å². The van der Waals surface area contributed by atoms with Crippen molar-refractivity contribution in [3.63, 3.8) is 0 Å². The van der Waals surface area contributed by atoms with Gasteiger partial charge in [-0.15, -0.1) is 0 Å². The fraction of sp³-hybridized carbons (Fsp3) is 0.529. The number of benzene rings is 1. The maximum absolute atomic E-state index is 13.3. The maximum atomic E-state index is 13.3. The number of aryl methyl sites for hydroxylation is 2. The first-order valence-corrected chi connectivity index (χ1v) is 16.0. The largest absolute Gasteiger partial charge is 0.494 e. The van der Waals surface area contributed by atoms with Gasteiger partial charge in [0.1, 0.15) is 16.9 Å². The summed E-state index contributed by atoms with van der Waals surface area (Å²) in [6, 6.07) is 9.81. The van der Waals surface area contributed by atoms with Crippen LogP contribution in [0.1, 0.15) is 87.8 Å². The van der Waals surface area contributed by atoms with Gasteiger partial charge >= 0.3 is 0 Å². The number of pyridine rings is 1. The summed E-state index contributed by atoms with van der Waals surface area (Å²) < 4.78 is 10.1. The van der Waals surface area contributed by atoms with Crippen LogP contribution in [0.3, 0.4) is 0 Å². The van der Waals surface area contributed by atoms with Crippen molar-refractivity contribution in [3.8, 4) is 17.3 Å². The number of piperidine rings is 1. The number of hydrogen-bond acceptors (Lipinski definition) is 6. The predicted octanol–water partition coefficient (Wildman–Crippen LogP) is 5.25. The van der Waals surface area contributed by atoms with E-state index in [0.717, 1.165) is 98.3 Å². The van der Waals surface area contributed by atoms with E-state index in [4.69, 9.17) is 14.7 Å². The summed E-state index contributed by atoms with van der Waals surface area (Å²) in [7, 11) is 3.62. The van der Waals surface area contributed by atoms with Crippen molar-refractivity contribution >= 4 is 33.9 Å². The van der Waals surface area contributed by atoms with Crippen molar-refractivity contribution in [2.75, 3.05) is 20.2 Å². The normalized spacial score (nSPS) is 21.2. The molecule has 2 bridgehead atoms. The Bertz CT molecular complexity index is 1700. The number of nitrogens with zero attached hydrogens (tertiary/aromatic N) is 4. The van der Waals surface area contributed by atoms with Crippen LogP contribution >= 0.6 is 0 Å². The van der Waals surface area contributed by atoms with E-state index in [1.807, 2.05) is 46.0 Å². The number of aromatic nitrogens is 4. The molecule has 2 amide bonds. The molecule has 3 aromatic heterocycles. The summed E-state index contributed by atoms with van der Waals surface area (Å²) in [6.07, 6.45) is 7.03. The standard InChI is InChI=1S/C34H45N7O3/c1-21-25-13-12-22-18-27(41(30(22)38-25)16-9-7-6-8-14-34(2,3)33(43)36-21)31-39-26-17-23(19-28(44-5)29(26)40(31)4)32(42)37-24-11-10-15-35-20-24/h12-13,17-19,21,24,35H,6-11,14-16,20H2,1-5H3,(H,36,43)(H,37,42)/t21-,24-/m1/s1. The van der Waals surface area contributed by atoms with E-state index in [0.29, 0.717) is 16.8 Å². The minimum Gasteiger partial charge on any atom is -0.494 e. The molecule has 234 valence electrons. The van der Waals surface area contributed by atoms with Crippen molar-refractivity contribution < 1.29 is 14.3 Å². The summed E-state index contributed by atoms with van der Waals surface area (Å²) >= 11 is 0. The average molecular weight is 600 g/mol. The van der Waals surface area contributed by atoms with Crippen molar-refractivity contribution in [1.82, 2.24) is 35.1 Å². The summed E-state index contributed by atoms with van der Waals surface area (Å²) in [4.78, 5) is 36.6. The van der Waals surface area contributed by atoms with E-state index in [1.165, 1.54) is 0 Å². The first-order chi connectivity index (χ1) is 21.2. The number of hydrogen-bond donors (Lipinski definition) is 3. The zero-order valence-corrected chi connectivity index (χ0v) is 26.6. The van der Waals surface area contributed by atoms with Crippen molar-refractivity contribution in [2.45, 2.75) is 84.3 Å². The molecule has 10 nitrogen and oxygen atoms in total. The average Bonchev–Trinajstić information content (AvgIpc) is 3.54. The zero-order chi connectivity index (χ0) is 31.0. The zero-order valence-electron chi connectivity index (χ0n) is 26.6. The lowest BCUT2D eigenvalue weighted by molar-refractivity contribution is -0.130. The molecule has 1 fully saturated rings. The fourth-order valence-corrected chi connectivity index (χ4v) is 6.63. The predicted molar refractivity (Wildman–Crippen MR) is 173 cm³/mol. The van der Waals surface area contributed by atoms with Crippen LogP contribution in [-0.2, 0) is 18.4 Å². The SMILES string of the molecule is COc1cc(C(=O)N[C@@H]2CCCNC2)cc2nc(-c3cc4ccc5nc4n3CCCCCCC(C)(C)C(=O)N[C@@H]5C)n(C)c12. The van der Waals surface area contributed by atoms with Crippen LogP contribution < -0.4 is 20.7 Å². The Morgan fingerprint density at radius 2 is 1.91 bits per heavy atom. The number of nitrogens with one attached hydrogen (secondary N) is 3. The van der Waals surface area contributed by atoms with Gasteiger partial charge in [-0.1, -0.05) is 33.1 Å². The molecule has 5 heterocycles. The molecular weight excluding hydrogens is 554 g/mol. The summed E-state index contributed by atoms with van der Waals surface area (Å²) in [5.74, 6) is 1.35. The number of amides is 2. The van der Waals surface area contributed by atoms with Crippen molar-refractivity contribution in [1.29, 1.82) is 0 Å². The van der Waals surface area contributed by atoms with Gasteiger partial charge in [-0.25, -0.2) is 9.97 Å². The number of carbonyl (C=O) groups excluding carboxylic acids is 2. The third-order valence-corrected chi connectivity index (χ3v) is 9.38. The molecule has 2 aliphatic rings. The first-order valence-electron chi connectivity index (χ1n) is 16.0. The molecule has 0 spiro atoms. The highest BCUT2D eigenvalue weighted by molar-refractivity contribution is 6.00. The molecule has 44 heavy (non-hydrogen) atoms. The van der Waals surface area contributed by atoms with E-state index >= 15 is 0 Å². The van der Waals surface area contributed by atoms with Gasteiger partial charge in [0, 0.05) is 42.5 Å². The van der Waals surface area contributed by atoms with Gasteiger partial charge in [0.2, 0.25) is 5.91 Å². The van der Waals surface area contributed by atoms with E-state index in [9.17, 15) is 9.59 Å². The molecule has 1 saturated heterocycles. The number of fused-ring (bicyclic) bond motifs is 2. The Labute approximate surface area is 259 Å². The van der Waals surface area contributed by atoms with E-state index in [2.05, 4.69) is 37.2 Å². The summed E-state index contributed by atoms with van der Waals surface area (Å²) in [6.45, 7) is 8.64. The lowest BCUT2D eigenvalue weighted by atomic mass is 9.85. The summed E-state index contributed by atoms with van der Waals surface area (Å²) in [5.41, 5.74) is 4.36. The second-order valence-corrected chi connectivity index (χ2v) is 13.1. The van der Waals surface area contributed by atoms with Crippen LogP contribution in [0.25, 0.3) is 33.6 Å². The number of rotatable bonds is 4. The highest BCUT2D eigenvalue weighted by atomic mass is 16.5. The highest BCUT2D eigenvalue weighted by Crippen LogP contribution is 2.35. The number of ether oxygens (including phenoxy) is 1. The van der Waals surface area contributed by atoms with Gasteiger partial charge < -0.3 is 29.8 Å². The highest BCUT2D eigenvalue weighted by Gasteiger charge is 2.29. The smallest absolute Gasteiger partial charge is 0.251 e.